The van der Waals surface area contributed by atoms with Gasteiger partial charge in [-0.15, -0.1) is 19.7 Å². The molecule has 218 valence electrons. The van der Waals surface area contributed by atoms with E-state index < -0.39 is 24.4 Å². The summed E-state index contributed by atoms with van der Waals surface area (Å²) in [7, 11) is 0. The fraction of sp³-hybridized carbons (Fsp3) is 0.241. The number of nitrogens with two attached hydrogens (primary N) is 1. The zero-order valence-corrected chi connectivity index (χ0v) is 22.7. The SMILES string of the molecule is C=CCCN.C=CCCO.C=CCNC(=O)c1ccccc1OC(C)=O.O=C(O)CNC(=O)c1ccccc1O. The van der Waals surface area contributed by atoms with Gasteiger partial charge in [0.2, 0.25) is 0 Å². The number of carboxylic acid groups (broad SMARTS) is 1. The number of aliphatic hydroxyl groups is 1. The average Bonchev–Trinajstić information content (AvgIpc) is 2.92. The van der Waals surface area contributed by atoms with E-state index >= 15 is 0 Å². The highest BCUT2D eigenvalue weighted by Crippen LogP contribution is 2.18. The Kier molecular flexibility index (Phi) is 23.0. The van der Waals surface area contributed by atoms with Crippen LogP contribution in [0.25, 0.3) is 0 Å². The van der Waals surface area contributed by atoms with Gasteiger partial charge in [-0.3, -0.25) is 19.2 Å². The number of phenolic OH excluding ortho intramolecular Hbond substituents is 1. The lowest BCUT2D eigenvalue weighted by Crippen LogP contribution is -2.29. The molecule has 0 saturated carbocycles. The highest BCUT2D eigenvalue weighted by Gasteiger charge is 2.12. The number of aromatic hydroxyl groups is 1. The summed E-state index contributed by atoms with van der Waals surface area (Å²) in [5.41, 5.74) is 5.46. The van der Waals surface area contributed by atoms with Gasteiger partial charge in [-0.05, 0) is 43.7 Å². The van der Waals surface area contributed by atoms with Crippen LogP contribution in [0.3, 0.4) is 0 Å². The van der Waals surface area contributed by atoms with Crippen molar-refractivity contribution in [1.82, 2.24) is 10.6 Å². The molecule has 0 heterocycles. The number of hydrogen-bond donors (Lipinski definition) is 6. The molecule has 2 aromatic rings. The third kappa shape index (κ3) is 19.4. The van der Waals surface area contributed by atoms with E-state index in [0.29, 0.717) is 18.5 Å². The van der Waals surface area contributed by atoms with Crippen molar-refractivity contribution in [2.24, 2.45) is 5.73 Å². The molecule has 0 aromatic heterocycles. The molecular formula is C29H39N3O8. The van der Waals surface area contributed by atoms with E-state index in [1.165, 1.54) is 19.1 Å². The van der Waals surface area contributed by atoms with Gasteiger partial charge >= 0.3 is 11.9 Å². The summed E-state index contributed by atoms with van der Waals surface area (Å²) in [6.07, 6.45) is 6.70. The third-order valence-electron chi connectivity index (χ3n) is 4.05. The fourth-order valence-electron chi connectivity index (χ4n) is 2.28. The van der Waals surface area contributed by atoms with Crippen molar-refractivity contribution in [2.45, 2.75) is 19.8 Å². The number of hydrogen-bond acceptors (Lipinski definition) is 8. The van der Waals surface area contributed by atoms with Gasteiger partial charge in [0.25, 0.3) is 11.8 Å². The van der Waals surface area contributed by atoms with Crippen LogP contribution in [0.2, 0.25) is 0 Å². The second-order valence-corrected chi connectivity index (χ2v) is 7.35. The molecule has 0 aliphatic rings. The normalized spacial score (nSPS) is 8.88. The summed E-state index contributed by atoms with van der Waals surface area (Å²) in [5.74, 6) is -2.40. The molecule has 0 atom stereocenters. The molecule has 2 rings (SSSR count). The van der Waals surface area contributed by atoms with Gasteiger partial charge in [0.05, 0.1) is 11.1 Å². The Morgan fingerprint density at radius 2 is 1.43 bits per heavy atom. The Morgan fingerprint density at radius 3 is 1.85 bits per heavy atom. The van der Waals surface area contributed by atoms with Gasteiger partial charge in [0.1, 0.15) is 18.0 Å². The number of carbonyl (C=O) groups excluding carboxylic acids is 3. The Hall–Kier alpha value is -4.74. The standard InChI is InChI=1S/C12H13NO3.C9H9NO4.C4H9N.C4H8O/c1-3-8-13-12(15)10-6-4-5-7-11(10)16-9(2)14;11-7-4-2-1-3-6(7)9(14)10-5-8(12)13;2*1-2-3-4-5/h3-7H,1,8H2,2H3,(H,13,15);1-4,11H,5H2,(H,10,14)(H,12,13);2H,1,3-5H2;2,5H,1,3-4H2. The number of aliphatic carboxylic acids is 1. The second kappa shape index (κ2) is 24.6. The van der Waals surface area contributed by atoms with Crippen LogP contribution in [0.5, 0.6) is 11.5 Å². The Bertz CT molecular complexity index is 1080. The maximum Gasteiger partial charge on any atom is 0.322 e. The minimum atomic E-state index is -1.13. The largest absolute Gasteiger partial charge is 0.507 e. The molecule has 0 aliphatic heterocycles. The van der Waals surface area contributed by atoms with Crippen molar-refractivity contribution in [3.05, 3.63) is 97.6 Å². The lowest BCUT2D eigenvalue weighted by atomic mass is 10.2. The molecular weight excluding hydrogens is 518 g/mol. The molecule has 0 spiro atoms. The first kappa shape index (κ1) is 37.4. The number of phenols is 1. The van der Waals surface area contributed by atoms with E-state index in [1.54, 1.807) is 54.6 Å². The summed E-state index contributed by atoms with van der Waals surface area (Å²) >= 11 is 0. The van der Waals surface area contributed by atoms with E-state index in [4.69, 9.17) is 20.7 Å². The first-order valence-corrected chi connectivity index (χ1v) is 12.1. The van der Waals surface area contributed by atoms with Crippen LogP contribution in [0, 0.1) is 0 Å². The molecule has 0 aliphatic carbocycles. The van der Waals surface area contributed by atoms with Crippen LogP contribution < -0.4 is 21.1 Å². The molecule has 0 saturated heterocycles. The molecule has 2 amide bonds. The maximum atomic E-state index is 11.7. The highest BCUT2D eigenvalue weighted by atomic mass is 16.5. The van der Waals surface area contributed by atoms with E-state index in [-0.39, 0.29) is 29.6 Å². The van der Waals surface area contributed by atoms with Crippen LogP contribution in [-0.2, 0) is 9.59 Å². The topological polar surface area (TPSA) is 188 Å². The van der Waals surface area contributed by atoms with E-state index in [2.05, 4.69) is 30.4 Å². The number of aliphatic hydroxyl groups excluding tert-OH is 1. The van der Waals surface area contributed by atoms with E-state index in [1.807, 2.05) is 0 Å². The summed E-state index contributed by atoms with van der Waals surface area (Å²) in [6, 6.07) is 12.5. The summed E-state index contributed by atoms with van der Waals surface area (Å²) < 4.78 is 4.92. The maximum absolute atomic E-state index is 11.7. The smallest absolute Gasteiger partial charge is 0.322 e. The molecule has 0 bridgehead atoms. The van der Waals surface area contributed by atoms with Crippen molar-refractivity contribution in [1.29, 1.82) is 0 Å². The Balaban J connectivity index is 0. The van der Waals surface area contributed by atoms with Gasteiger partial charge in [-0.2, -0.15) is 0 Å². The molecule has 0 unspecified atom stereocenters. The Morgan fingerprint density at radius 1 is 0.875 bits per heavy atom. The molecule has 40 heavy (non-hydrogen) atoms. The number of amides is 2. The van der Waals surface area contributed by atoms with Crippen LogP contribution in [0.1, 0.15) is 40.5 Å². The first-order chi connectivity index (χ1) is 19.1. The van der Waals surface area contributed by atoms with Crippen molar-refractivity contribution >= 4 is 23.8 Å². The predicted molar refractivity (Wildman–Crippen MR) is 154 cm³/mol. The number of nitrogens with one attached hydrogen (secondary N) is 2. The quantitative estimate of drug-likeness (QED) is 0.137. The number of ether oxygens (including phenoxy) is 1. The average molecular weight is 558 g/mol. The zero-order valence-electron chi connectivity index (χ0n) is 22.7. The number of rotatable bonds is 11. The number of benzene rings is 2. The Labute approximate surface area is 234 Å². The highest BCUT2D eigenvalue weighted by molar-refractivity contribution is 5.98. The van der Waals surface area contributed by atoms with Crippen molar-refractivity contribution in [2.75, 3.05) is 26.2 Å². The fourth-order valence-corrected chi connectivity index (χ4v) is 2.28. The lowest BCUT2D eigenvalue weighted by Gasteiger charge is -2.07. The van der Waals surface area contributed by atoms with Crippen LogP contribution >= 0.6 is 0 Å². The van der Waals surface area contributed by atoms with E-state index in [9.17, 15) is 24.3 Å². The van der Waals surface area contributed by atoms with Crippen LogP contribution in [0.4, 0.5) is 0 Å². The van der Waals surface area contributed by atoms with Crippen LogP contribution in [-0.4, -0.2) is 65.3 Å². The van der Waals surface area contributed by atoms with Gasteiger partial charge < -0.3 is 36.4 Å². The minimum absolute atomic E-state index is 0.0637. The molecule has 7 N–H and O–H groups in total. The summed E-state index contributed by atoms with van der Waals surface area (Å²) in [4.78, 5) is 43.9. The predicted octanol–water partition coefficient (Wildman–Crippen LogP) is 2.81. The van der Waals surface area contributed by atoms with Crippen molar-refractivity contribution in [3.8, 4) is 11.5 Å². The molecule has 11 heteroatoms. The summed E-state index contributed by atoms with van der Waals surface area (Å²) in [5, 5.41) is 30.3. The lowest BCUT2D eigenvalue weighted by molar-refractivity contribution is -0.136. The van der Waals surface area contributed by atoms with Gasteiger partial charge in [-0.1, -0.05) is 42.5 Å². The minimum Gasteiger partial charge on any atom is -0.507 e. The van der Waals surface area contributed by atoms with Gasteiger partial charge in [0, 0.05) is 20.1 Å². The first-order valence-electron chi connectivity index (χ1n) is 12.1. The number of para-hydroxylation sites is 2. The molecule has 0 radical (unpaired) electrons. The molecule has 2 aromatic carbocycles. The molecule has 11 nitrogen and oxygen atoms in total. The number of carboxylic acids is 1. The number of esters is 1. The third-order valence-corrected chi connectivity index (χ3v) is 4.05. The zero-order chi connectivity index (χ0) is 30.8. The van der Waals surface area contributed by atoms with Gasteiger partial charge in [-0.25, -0.2) is 0 Å². The van der Waals surface area contributed by atoms with Crippen molar-refractivity contribution in [3.63, 3.8) is 0 Å². The number of carbonyl (C=O) groups is 4. The van der Waals surface area contributed by atoms with Crippen LogP contribution in [0.15, 0.2) is 86.5 Å². The second-order valence-electron chi connectivity index (χ2n) is 7.35. The van der Waals surface area contributed by atoms with E-state index in [0.717, 1.165) is 13.0 Å². The van der Waals surface area contributed by atoms with Crippen molar-refractivity contribution < 1.29 is 39.2 Å². The monoisotopic (exact) mass is 557 g/mol. The summed E-state index contributed by atoms with van der Waals surface area (Å²) in [6.45, 7) is 12.5. The van der Waals surface area contributed by atoms with Gasteiger partial charge in [0.15, 0.2) is 0 Å². The molecule has 0 fully saturated rings.